The van der Waals surface area contributed by atoms with Crippen LogP contribution in [0.3, 0.4) is 0 Å². The number of carbonyl (C=O) groups is 2. The van der Waals surface area contributed by atoms with Gasteiger partial charge in [-0.3, -0.25) is 9.59 Å². The lowest BCUT2D eigenvalue weighted by molar-refractivity contribution is -0.118. The fourth-order valence-electron chi connectivity index (χ4n) is 3.43. The van der Waals surface area contributed by atoms with Crippen LogP contribution in [0.1, 0.15) is 43.9 Å². The molecule has 2 aromatic carbocycles. The number of aryl methyl sites for hydroxylation is 1. The number of benzene rings is 2. The molecule has 30 heavy (non-hydrogen) atoms. The predicted octanol–water partition coefficient (Wildman–Crippen LogP) is 3.75. The zero-order valence-electron chi connectivity index (χ0n) is 17.0. The number of nitrogens with one attached hydrogen (secondary N) is 4. The number of rotatable bonds is 6. The Bertz CT molecular complexity index is 1060. The molecule has 1 aliphatic rings. The number of anilines is 2. The SMILES string of the molecule is CCC(=O)Nc1nc2cc(NC(=O)C3CC(c4ccc(CC)cc4)NN3)ccc2s1. The minimum Gasteiger partial charge on any atom is -0.325 e. The van der Waals surface area contributed by atoms with Crippen molar-refractivity contribution in [3.05, 3.63) is 53.6 Å². The van der Waals surface area contributed by atoms with Crippen molar-refractivity contribution in [2.45, 2.75) is 45.2 Å². The van der Waals surface area contributed by atoms with Crippen LogP contribution in [0.2, 0.25) is 0 Å². The summed E-state index contributed by atoms with van der Waals surface area (Å²) in [6, 6.07) is 13.8. The van der Waals surface area contributed by atoms with Gasteiger partial charge >= 0.3 is 0 Å². The number of hydrazine groups is 1. The van der Waals surface area contributed by atoms with E-state index in [2.05, 4.69) is 57.7 Å². The van der Waals surface area contributed by atoms with E-state index in [-0.39, 0.29) is 23.9 Å². The van der Waals surface area contributed by atoms with Crippen LogP contribution >= 0.6 is 11.3 Å². The third kappa shape index (κ3) is 4.51. The molecule has 8 heteroatoms. The average molecular weight is 424 g/mol. The summed E-state index contributed by atoms with van der Waals surface area (Å²) in [5.41, 5.74) is 10.2. The van der Waals surface area contributed by atoms with E-state index in [1.807, 2.05) is 18.2 Å². The number of amides is 2. The minimum atomic E-state index is -0.327. The Morgan fingerprint density at radius 2 is 1.90 bits per heavy atom. The normalized spacial score (nSPS) is 18.5. The van der Waals surface area contributed by atoms with Gasteiger partial charge in [0.1, 0.15) is 6.04 Å². The molecule has 7 nitrogen and oxygen atoms in total. The highest BCUT2D eigenvalue weighted by Gasteiger charge is 2.30. The second kappa shape index (κ2) is 8.91. The largest absolute Gasteiger partial charge is 0.325 e. The van der Waals surface area contributed by atoms with Crippen LogP contribution in [0.25, 0.3) is 10.2 Å². The van der Waals surface area contributed by atoms with Crippen molar-refractivity contribution in [3.8, 4) is 0 Å². The first kappa shape index (κ1) is 20.5. The van der Waals surface area contributed by atoms with Gasteiger partial charge < -0.3 is 10.6 Å². The van der Waals surface area contributed by atoms with Crippen LogP contribution in [0, 0.1) is 0 Å². The Morgan fingerprint density at radius 1 is 1.10 bits per heavy atom. The van der Waals surface area contributed by atoms with Gasteiger partial charge in [0.25, 0.3) is 0 Å². The maximum absolute atomic E-state index is 12.7. The van der Waals surface area contributed by atoms with Crippen molar-refractivity contribution in [3.63, 3.8) is 0 Å². The standard InChI is InChI=1S/C22H25N5O2S/c1-3-13-5-7-14(8-6-13)16-12-18(27-26-16)21(29)23-15-9-10-19-17(11-15)24-22(30-19)25-20(28)4-2/h5-11,16,18,26-27H,3-4,12H2,1-2H3,(H,23,29)(H,24,25,28). The zero-order chi connectivity index (χ0) is 21.1. The molecule has 1 saturated heterocycles. The van der Waals surface area contributed by atoms with Crippen LogP contribution in [0.5, 0.6) is 0 Å². The third-order valence-electron chi connectivity index (χ3n) is 5.23. The average Bonchev–Trinajstić information content (AvgIpc) is 3.40. The van der Waals surface area contributed by atoms with Crippen molar-refractivity contribution in [2.75, 3.05) is 10.6 Å². The van der Waals surface area contributed by atoms with Gasteiger partial charge in [-0.2, -0.15) is 0 Å². The maximum atomic E-state index is 12.7. The van der Waals surface area contributed by atoms with Crippen LogP contribution in [0.4, 0.5) is 10.8 Å². The second-order valence-electron chi connectivity index (χ2n) is 7.32. The fourth-order valence-corrected chi connectivity index (χ4v) is 4.29. The summed E-state index contributed by atoms with van der Waals surface area (Å²) >= 11 is 1.42. The van der Waals surface area contributed by atoms with E-state index in [9.17, 15) is 9.59 Å². The van der Waals surface area contributed by atoms with E-state index in [1.54, 1.807) is 6.92 Å². The van der Waals surface area contributed by atoms with E-state index in [0.717, 1.165) is 16.6 Å². The van der Waals surface area contributed by atoms with Gasteiger partial charge in [0, 0.05) is 18.2 Å². The molecule has 1 fully saturated rings. The number of carbonyl (C=O) groups excluding carboxylic acids is 2. The molecule has 1 aliphatic heterocycles. The molecule has 0 saturated carbocycles. The zero-order valence-corrected chi connectivity index (χ0v) is 17.8. The number of fused-ring (bicyclic) bond motifs is 1. The van der Waals surface area contributed by atoms with Gasteiger partial charge in [-0.1, -0.05) is 49.4 Å². The summed E-state index contributed by atoms with van der Waals surface area (Å²) < 4.78 is 0.954. The number of hydrogen-bond acceptors (Lipinski definition) is 6. The lowest BCUT2D eigenvalue weighted by Gasteiger charge is -2.11. The van der Waals surface area contributed by atoms with Crippen LogP contribution in [-0.2, 0) is 16.0 Å². The monoisotopic (exact) mass is 423 g/mol. The number of nitrogens with zero attached hydrogens (tertiary/aromatic N) is 1. The van der Waals surface area contributed by atoms with Gasteiger partial charge in [-0.05, 0) is 42.2 Å². The van der Waals surface area contributed by atoms with E-state index in [4.69, 9.17) is 0 Å². The maximum Gasteiger partial charge on any atom is 0.242 e. The summed E-state index contributed by atoms with van der Waals surface area (Å²) in [5, 5.41) is 6.31. The lowest BCUT2D eigenvalue weighted by atomic mass is 10.00. The van der Waals surface area contributed by atoms with Gasteiger partial charge in [0.15, 0.2) is 5.13 Å². The smallest absolute Gasteiger partial charge is 0.242 e. The number of thiazole rings is 1. The molecule has 2 atom stereocenters. The van der Waals surface area contributed by atoms with E-state index >= 15 is 0 Å². The molecule has 3 aromatic rings. The number of hydrogen-bond donors (Lipinski definition) is 4. The Balaban J connectivity index is 1.39. The summed E-state index contributed by atoms with van der Waals surface area (Å²) in [4.78, 5) is 28.7. The van der Waals surface area contributed by atoms with Crippen LogP contribution in [0.15, 0.2) is 42.5 Å². The molecule has 0 aliphatic carbocycles. The molecule has 2 heterocycles. The molecule has 0 radical (unpaired) electrons. The van der Waals surface area contributed by atoms with E-state index in [1.165, 1.54) is 22.5 Å². The highest BCUT2D eigenvalue weighted by atomic mass is 32.1. The Kier molecular flexibility index (Phi) is 6.08. The van der Waals surface area contributed by atoms with Crippen LogP contribution in [-0.4, -0.2) is 22.8 Å². The molecule has 2 unspecified atom stereocenters. The summed E-state index contributed by atoms with van der Waals surface area (Å²) in [5.74, 6) is -0.162. The van der Waals surface area contributed by atoms with Gasteiger partial charge in [-0.25, -0.2) is 15.8 Å². The van der Waals surface area contributed by atoms with Crippen molar-refractivity contribution in [2.24, 2.45) is 0 Å². The highest BCUT2D eigenvalue weighted by Crippen LogP contribution is 2.29. The fraction of sp³-hybridized carbons (Fsp3) is 0.318. The summed E-state index contributed by atoms with van der Waals surface area (Å²) in [6.45, 7) is 3.93. The molecule has 4 N–H and O–H groups in total. The molecule has 156 valence electrons. The highest BCUT2D eigenvalue weighted by molar-refractivity contribution is 7.22. The first-order valence-electron chi connectivity index (χ1n) is 10.2. The Labute approximate surface area is 179 Å². The van der Waals surface area contributed by atoms with Crippen molar-refractivity contribution < 1.29 is 9.59 Å². The predicted molar refractivity (Wildman–Crippen MR) is 120 cm³/mol. The Morgan fingerprint density at radius 3 is 2.63 bits per heavy atom. The molecule has 1 aromatic heterocycles. The summed E-state index contributed by atoms with van der Waals surface area (Å²) in [7, 11) is 0. The van der Waals surface area contributed by atoms with Crippen molar-refractivity contribution >= 4 is 44.2 Å². The van der Waals surface area contributed by atoms with E-state index < -0.39 is 0 Å². The Hall–Kier alpha value is -2.81. The second-order valence-corrected chi connectivity index (χ2v) is 8.35. The number of aromatic nitrogens is 1. The molecule has 0 spiro atoms. The first-order valence-corrected chi connectivity index (χ1v) is 11.0. The summed E-state index contributed by atoms with van der Waals surface area (Å²) in [6.07, 6.45) is 2.09. The van der Waals surface area contributed by atoms with E-state index in [0.29, 0.717) is 23.7 Å². The lowest BCUT2D eigenvalue weighted by Crippen LogP contribution is -2.39. The molecule has 2 amide bonds. The molecular weight excluding hydrogens is 398 g/mol. The topological polar surface area (TPSA) is 95.2 Å². The van der Waals surface area contributed by atoms with Gasteiger partial charge in [0.05, 0.1) is 10.2 Å². The third-order valence-corrected chi connectivity index (χ3v) is 6.18. The molecular formula is C22H25N5O2S. The van der Waals surface area contributed by atoms with Crippen LogP contribution < -0.4 is 21.5 Å². The van der Waals surface area contributed by atoms with Crippen molar-refractivity contribution in [1.82, 2.24) is 15.8 Å². The minimum absolute atomic E-state index is 0.0683. The first-order chi connectivity index (χ1) is 14.6. The quantitative estimate of drug-likeness (QED) is 0.484. The molecule has 4 rings (SSSR count). The van der Waals surface area contributed by atoms with Gasteiger partial charge in [0.2, 0.25) is 11.8 Å². The molecule has 0 bridgehead atoms. The van der Waals surface area contributed by atoms with Crippen molar-refractivity contribution in [1.29, 1.82) is 0 Å². The van der Waals surface area contributed by atoms with Gasteiger partial charge in [-0.15, -0.1) is 0 Å².